The molecule has 2 rings (SSSR count). The minimum absolute atomic E-state index is 0.213. The third-order valence-corrected chi connectivity index (χ3v) is 4.35. The van der Waals surface area contributed by atoms with Gasteiger partial charge < -0.3 is 10.1 Å². The molecule has 0 heterocycles. The van der Waals surface area contributed by atoms with Gasteiger partial charge in [-0.15, -0.1) is 0 Å². The summed E-state index contributed by atoms with van der Waals surface area (Å²) < 4.78 is 6.53. The Kier molecular flexibility index (Phi) is 5.68. The summed E-state index contributed by atoms with van der Waals surface area (Å²) in [5, 5.41) is 4.11. The molecule has 4 heteroatoms. The van der Waals surface area contributed by atoms with E-state index in [0.717, 1.165) is 27.2 Å². The van der Waals surface area contributed by atoms with Crippen LogP contribution in [0.4, 0.5) is 0 Å². The lowest BCUT2D eigenvalue weighted by molar-refractivity contribution is 0.406. The quantitative estimate of drug-likeness (QED) is 0.808. The molecule has 0 aliphatic carbocycles. The summed E-state index contributed by atoms with van der Waals surface area (Å²) in [6.45, 7) is 2.12. The monoisotopic (exact) mass is 367 g/mol. The maximum Gasteiger partial charge on any atom is 0.122 e. The summed E-state index contributed by atoms with van der Waals surface area (Å²) in [6.07, 6.45) is 0.822. The van der Waals surface area contributed by atoms with Gasteiger partial charge in [0, 0.05) is 15.5 Å². The normalized spacial score (nSPS) is 12.2. The van der Waals surface area contributed by atoms with E-state index in [0.29, 0.717) is 0 Å². The number of methoxy groups -OCH3 is 1. The van der Waals surface area contributed by atoms with Gasteiger partial charge in [0.15, 0.2) is 0 Å². The molecule has 0 radical (unpaired) electrons. The standard InChI is InChI=1S/C17H19BrClNO/c1-11-8-13(18)4-6-15(11)16(20-2)10-12-9-14(19)5-7-17(12)21-3/h4-9,16,20H,10H2,1-3H3. The zero-order valence-electron chi connectivity index (χ0n) is 12.4. The van der Waals surface area contributed by atoms with Gasteiger partial charge in [0.2, 0.25) is 0 Å². The van der Waals surface area contributed by atoms with Gasteiger partial charge in [-0.2, -0.15) is 0 Å². The fourth-order valence-corrected chi connectivity index (χ4v) is 3.19. The first-order valence-electron chi connectivity index (χ1n) is 6.81. The smallest absolute Gasteiger partial charge is 0.122 e. The molecule has 0 saturated carbocycles. The van der Waals surface area contributed by atoms with Gasteiger partial charge in [-0.05, 0) is 67.4 Å². The van der Waals surface area contributed by atoms with Crippen molar-refractivity contribution in [3.63, 3.8) is 0 Å². The van der Waals surface area contributed by atoms with Gasteiger partial charge in [0.05, 0.1) is 7.11 Å². The summed E-state index contributed by atoms with van der Waals surface area (Å²) in [4.78, 5) is 0. The first-order valence-corrected chi connectivity index (χ1v) is 7.98. The van der Waals surface area contributed by atoms with Gasteiger partial charge in [-0.25, -0.2) is 0 Å². The second-order valence-electron chi connectivity index (χ2n) is 5.00. The minimum atomic E-state index is 0.213. The topological polar surface area (TPSA) is 21.3 Å². The molecular weight excluding hydrogens is 350 g/mol. The van der Waals surface area contributed by atoms with Gasteiger partial charge in [0.1, 0.15) is 5.75 Å². The average molecular weight is 369 g/mol. The Morgan fingerprint density at radius 1 is 1.24 bits per heavy atom. The zero-order chi connectivity index (χ0) is 15.4. The lowest BCUT2D eigenvalue weighted by atomic mass is 9.95. The summed E-state index contributed by atoms with van der Waals surface area (Å²) in [7, 11) is 3.66. The summed E-state index contributed by atoms with van der Waals surface area (Å²) in [5.74, 6) is 0.870. The first kappa shape index (κ1) is 16.3. The second kappa shape index (κ2) is 7.30. The number of likely N-dealkylation sites (N-methyl/N-ethyl adjacent to an activating group) is 1. The first-order chi connectivity index (χ1) is 10.0. The van der Waals surface area contributed by atoms with Crippen molar-refractivity contribution in [3.8, 4) is 5.75 Å². The Morgan fingerprint density at radius 3 is 2.62 bits per heavy atom. The van der Waals surface area contributed by atoms with Crippen molar-refractivity contribution in [2.45, 2.75) is 19.4 Å². The minimum Gasteiger partial charge on any atom is -0.496 e. The predicted octanol–water partition coefficient (Wildman–Crippen LogP) is 4.92. The maximum absolute atomic E-state index is 6.12. The van der Waals surface area contributed by atoms with E-state index < -0.39 is 0 Å². The van der Waals surface area contributed by atoms with E-state index in [1.807, 2.05) is 25.2 Å². The molecule has 2 aromatic carbocycles. The number of benzene rings is 2. The number of halogens is 2. The van der Waals surface area contributed by atoms with Crippen molar-refractivity contribution in [2.75, 3.05) is 14.2 Å². The Labute approximate surface area is 139 Å². The molecule has 0 saturated heterocycles. The van der Waals surface area contributed by atoms with Crippen LogP contribution in [-0.2, 0) is 6.42 Å². The van der Waals surface area contributed by atoms with Gasteiger partial charge in [0.25, 0.3) is 0 Å². The van der Waals surface area contributed by atoms with Crippen LogP contribution in [0.2, 0.25) is 5.02 Å². The molecule has 0 bridgehead atoms. The average Bonchev–Trinajstić information content (AvgIpc) is 2.45. The molecule has 21 heavy (non-hydrogen) atoms. The van der Waals surface area contributed by atoms with Crippen LogP contribution < -0.4 is 10.1 Å². The lowest BCUT2D eigenvalue weighted by Crippen LogP contribution is -2.20. The predicted molar refractivity (Wildman–Crippen MR) is 92.4 cm³/mol. The fraction of sp³-hybridized carbons (Fsp3) is 0.294. The maximum atomic E-state index is 6.12. The number of nitrogens with one attached hydrogen (secondary N) is 1. The van der Waals surface area contributed by atoms with E-state index in [4.69, 9.17) is 16.3 Å². The highest BCUT2D eigenvalue weighted by Gasteiger charge is 2.15. The molecule has 0 spiro atoms. The van der Waals surface area contributed by atoms with Crippen molar-refractivity contribution in [1.82, 2.24) is 5.32 Å². The van der Waals surface area contributed by atoms with Crippen LogP contribution >= 0.6 is 27.5 Å². The summed E-state index contributed by atoms with van der Waals surface area (Å²) >= 11 is 9.62. The third kappa shape index (κ3) is 4.00. The molecule has 0 amide bonds. The molecule has 1 unspecified atom stereocenters. The van der Waals surface area contributed by atoms with Gasteiger partial charge >= 0.3 is 0 Å². The largest absolute Gasteiger partial charge is 0.496 e. The van der Waals surface area contributed by atoms with Crippen molar-refractivity contribution in [3.05, 3.63) is 62.6 Å². The van der Waals surface area contributed by atoms with Crippen molar-refractivity contribution >= 4 is 27.5 Å². The number of hydrogen-bond donors (Lipinski definition) is 1. The summed E-state index contributed by atoms with van der Waals surface area (Å²) in [6, 6.07) is 12.3. The Morgan fingerprint density at radius 2 is 2.00 bits per heavy atom. The van der Waals surface area contributed by atoms with E-state index in [2.05, 4.69) is 46.4 Å². The van der Waals surface area contributed by atoms with Crippen molar-refractivity contribution in [2.24, 2.45) is 0 Å². The van der Waals surface area contributed by atoms with Crippen LogP contribution in [0, 0.1) is 6.92 Å². The SMILES string of the molecule is CNC(Cc1cc(Cl)ccc1OC)c1ccc(Br)cc1C. The Hall–Kier alpha value is -1.03. The van der Waals surface area contributed by atoms with Crippen LogP contribution in [0.5, 0.6) is 5.75 Å². The third-order valence-electron chi connectivity index (χ3n) is 3.62. The Balaban J connectivity index is 2.33. The van der Waals surface area contributed by atoms with Gasteiger partial charge in [-0.1, -0.05) is 33.6 Å². The number of ether oxygens (including phenoxy) is 1. The van der Waals surface area contributed by atoms with E-state index in [-0.39, 0.29) is 6.04 Å². The van der Waals surface area contributed by atoms with E-state index in [1.165, 1.54) is 11.1 Å². The molecule has 1 N–H and O–H groups in total. The van der Waals surface area contributed by atoms with Crippen LogP contribution in [0.15, 0.2) is 40.9 Å². The highest BCUT2D eigenvalue weighted by molar-refractivity contribution is 9.10. The van der Waals surface area contributed by atoms with Gasteiger partial charge in [-0.3, -0.25) is 0 Å². The zero-order valence-corrected chi connectivity index (χ0v) is 14.8. The molecule has 0 fully saturated rings. The highest BCUT2D eigenvalue weighted by Crippen LogP contribution is 2.29. The van der Waals surface area contributed by atoms with Crippen LogP contribution in [0.1, 0.15) is 22.7 Å². The highest BCUT2D eigenvalue weighted by atomic mass is 79.9. The lowest BCUT2D eigenvalue weighted by Gasteiger charge is -2.20. The summed E-state index contributed by atoms with van der Waals surface area (Å²) in [5.41, 5.74) is 3.64. The number of hydrogen-bond acceptors (Lipinski definition) is 2. The molecule has 1 atom stereocenters. The number of rotatable bonds is 5. The molecule has 2 aromatic rings. The van der Waals surface area contributed by atoms with Crippen LogP contribution in [0.25, 0.3) is 0 Å². The molecule has 112 valence electrons. The van der Waals surface area contributed by atoms with E-state index in [1.54, 1.807) is 7.11 Å². The molecule has 2 nitrogen and oxygen atoms in total. The van der Waals surface area contributed by atoms with Crippen molar-refractivity contribution in [1.29, 1.82) is 0 Å². The van der Waals surface area contributed by atoms with E-state index >= 15 is 0 Å². The molecule has 0 aliphatic heterocycles. The fourth-order valence-electron chi connectivity index (χ4n) is 2.52. The van der Waals surface area contributed by atoms with E-state index in [9.17, 15) is 0 Å². The molecule has 0 aliphatic rings. The molecule has 0 aromatic heterocycles. The van der Waals surface area contributed by atoms with Crippen LogP contribution in [-0.4, -0.2) is 14.2 Å². The van der Waals surface area contributed by atoms with Crippen molar-refractivity contribution < 1.29 is 4.74 Å². The Bertz CT molecular complexity index is 630. The number of aryl methyl sites for hydroxylation is 1. The van der Waals surface area contributed by atoms with Crippen LogP contribution in [0.3, 0.4) is 0 Å². The second-order valence-corrected chi connectivity index (χ2v) is 6.35. The molecular formula is C17H19BrClNO.